The topological polar surface area (TPSA) is 58.4 Å². The van der Waals surface area contributed by atoms with E-state index in [2.05, 4.69) is 5.32 Å². The van der Waals surface area contributed by atoms with Gasteiger partial charge in [0.15, 0.2) is 0 Å². The molecule has 1 aromatic rings. The van der Waals surface area contributed by atoms with E-state index in [0.717, 1.165) is 6.07 Å². The number of nitro groups is 1. The van der Waals surface area contributed by atoms with E-state index in [1.54, 1.807) is 4.90 Å². The highest BCUT2D eigenvalue weighted by atomic mass is 35.5. The Kier molecular flexibility index (Phi) is 9.30. The number of rotatable bonds is 4. The van der Waals surface area contributed by atoms with Gasteiger partial charge in [0.25, 0.3) is 5.69 Å². The fourth-order valence-corrected chi connectivity index (χ4v) is 2.73. The SMILES string of the molecule is Cl.Cl.O=[N+]([O-])c1cc([C@@H](CC(F)(F)F)N2CCNCC2)ccc1Cl. The van der Waals surface area contributed by atoms with Crippen LogP contribution < -0.4 is 5.32 Å². The van der Waals surface area contributed by atoms with Gasteiger partial charge in [0.1, 0.15) is 5.02 Å². The van der Waals surface area contributed by atoms with Crippen molar-refractivity contribution in [3.63, 3.8) is 0 Å². The number of halogens is 6. The summed E-state index contributed by atoms with van der Waals surface area (Å²) in [4.78, 5) is 11.9. The molecule has 0 unspecified atom stereocenters. The van der Waals surface area contributed by atoms with E-state index >= 15 is 0 Å². The molecule has 1 fully saturated rings. The predicted octanol–water partition coefficient (Wildman–Crippen LogP) is 3.99. The maximum atomic E-state index is 12.9. The Hall–Kier alpha value is -0.800. The maximum Gasteiger partial charge on any atom is 0.390 e. The molecule has 0 saturated carbocycles. The van der Waals surface area contributed by atoms with Gasteiger partial charge in [-0.25, -0.2) is 0 Å². The van der Waals surface area contributed by atoms with Crippen LogP contribution in [-0.4, -0.2) is 42.2 Å². The molecule has 1 aromatic carbocycles. The summed E-state index contributed by atoms with van der Waals surface area (Å²) in [6, 6.07) is 2.90. The number of alkyl halides is 3. The van der Waals surface area contributed by atoms with E-state index in [-0.39, 0.29) is 41.1 Å². The minimum Gasteiger partial charge on any atom is -0.314 e. The number of benzene rings is 1. The largest absolute Gasteiger partial charge is 0.390 e. The maximum absolute atomic E-state index is 12.9. The van der Waals surface area contributed by atoms with Gasteiger partial charge in [-0.15, -0.1) is 24.8 Å². The number of hydrogen-bond donors (Lipinski definition) is 1. The highest BCUT2D eigenvalue weighted by molar-refractivity contribution is 6.32. The molecule has 0 aliphatic carbocycles. The van der Waals surface area contributed by atoms with Crippen LogP contribution >= 0.6 is 36.4 Å². The third-order valence-corrected chi connectivity index (χ3v) is 3.89. The van der Waals surface area contributed by atoms with Crippen LogP contribution in [0.2, 0.25) is 5.02 Å². The Labute approximate surface area is 154 Å². The van der Waals surface area contributed by atoms with Crippen LogP contribution in [0, 0.1) is 10.1 Å². The van der Waals surface area contributed by atoms with E-state index in [9.17, 15) is 23.3 Å². The Balaban J connectivity index is 0.00000264. The second-order valence-electron chi connectivity index (χ2n) is 5.09. The predicted molar refractivity (Wildman–Crippen MR) is 90.5 cm³/mol. The number of nitrogens with zero attached hydrogens (tertiary/aromatic N) is 2. The standard InChI is InChI=1S/C13H15ClF3N3O2.2ClH/c14-10-2-1-9(7-11(10)20(21)22)12(8-13(15,16)17)19-5-3-18-4-6-19;;/h1-2,7,12,18H,3-6,8H2;2*1H/t12-;;/m1../s1. The lowest BCUT2D eigenvalue weighted by molar-refractivity contribution is -0.384. The van der Waals surface area contributed by atoms with Crippen molar-refractivity contribution in [2.45, 2.75) is 18.6 Å². The van der Waals surface area contributed by atoms with E-state index in [1.807, 2.05) is 0 Å². The van der Waals surface area contributed by atoms with Gasteiger partial charge in [0, 0.05) is 38.3 Å². The summed E-state index contributed by atoms with van der Waals surface area (Å²) >= 11 is 5.73. The quantitative estimate of drug-likeness (QED) is 0.602. The average Bonchev–Trinajstić information content (AvgIpc) is 2.45. The first-order chi connectivity index (χ1) is 10.3. The van der Waals surface area contributed by atoms with Crippen LogP contribution in [0.25, 0.3) is 0 Å². The van der Waals surface area contributed by atoms with E-state index < -0.39 is 23.6 Å². The van der Waals surface area contributed by atoms with Crippen molar-refractivity contribution in [1.82, 2.24) is 10.2 Å². The van der Waals surface area contributed by atoms with Crippen molar-refractivity contribution in [2.75, 3.05) is 26.2 Å². The van der Waals surface area contributed by atoms with Crippen molar-refractivity contribution < 1.29 is 18.1 Å². The number of hydrogen-bond acceptors (Lipinski definition) is 4. The van der Waals surface area contributed by atoms with Gasteiger partial charge in [0.05, 0.1) is 11.3 Å². The van der Waals surface area contributed by atoms with Crippen LogP contribution in [0.15, 0.2) is 18.2 Å². The molecule has 0 amide bonds. The van der Waals surface area contributed by atoms with Gasteiger partial charge in [-0.2, -0.15) is 13.2 Å². The lowest BCUT2D eigenvalue weighted by Gasteiger charge is -2.35. The normalized spacial score (nSPS) is 16.7. The number of piperazine rings is 1. The van der Waals surface area contributed by atoms with E-state index in [4.69, 9.17) is 11.6 Å². The number of nitro benzene ring substituents is 1. The Morgan fingerprint density at radius 2 is 1.88 bits per heavy atom. The average molecular weight is 411 g/mol. The monoisotopic (exact) mass is 409 g/mol. The van der Waals surface area contributed by atoms with Crippen molar-refractivity contribution in [3.05, 3.63) is 38.9 Å². The van der Waals surface area contributed by atoms with Crippen LogP contribution in [0.5, 0.6) is 0 Å². The third kappa shape index (κ3) is 6.25. The van der Waals surface area contributed by atoms with Gasteiger partial charge >= 0.3 is 6.18 Å². The summed E-state index contributed by atoms with van der Waals surface area (Å²) in [5.74, 6) is 0. The van der Waals surface area contributed by atoms with Gasteiger partial charge in [0.2, 0.25) is 0 Å². The molecule has 1 aliphatic rings. The molecule has 2 rings (SSSR count). The second-order valence-corrected chi connectivity index (χ2v) is 5.50. The molecular formula is C13H17Cl3F3N3O2. The Morgan fingerprint density at radius 3 is 2.38 bits per heavy atom. The van der Waals surface area contributed by atoms with E-state index in [0.29, 0.717) is 26.2 Å². The molecule has 24 heavy (non-hydrogen) atoms. The lowest BCUT2D eigenvalue weighted by atomic mass is 10.00. The highest BCUT2D eigenvalue weighted by Gasteiger charge is 2.36. The third-order valence-electron chi connectivity index (χ3n) is 3.57. The summed E-state index contributed by atoms with van der Waals surface area (Å²) in [7, 11) is 0. The first kappa shape index (κ1) is 23.2. The molecular weight excluding hydrogens is 394 g/mol. The summed E-state index contributed by atoms with van der Waals surface area (Å²) < 4.78 is 38.6. The summed E-state index contributed by atoms with van der Waals surface area (Å²) in [6.45, 7) is 2.09. The molecule has 1 atom stereocenters. The molecule has 0 aromatic heterocycles. The zero-order chi connectivity index (χ0) is 16.3. The van der Waals surface area contributed by atoms with Crippen LogP contribution in [-0.2, 0) is 0 Å². The first-order valence-corrected chi connectivity index (χ1v) is 7.11. The molecule has 1 saturated heterocycles. The Bertz CT molecular complexity index is 555. The Morgan fingerprint density at radius 1 is 1.29 bits per heavy atom. The molecule has 0 spiro atoms. The molecule has 1 N–H and O–H groups in total. The minimum atomic E-state index is -4.36. The first-order valence-electron chi connectivity index (χ1n) is 6.73. The second kappa shape index (κ2) is 9.62. The van der Waals surface area contributed by atoms with Gasteiger partial charge in [-0.3, -0.25) is 15.0 Å². The molecule has 1 aliphatic heterocycles. The van der Waals surface area contributed by atoms with Crippen LogP contribution in [0.3, 0.4) is 0 Å². The summed E-state index contributed by atoms with van der Waals surface area (Å²) in [6.07, 6.45) is -5.41. The highest BCUT2D eigenvalue weighted by Crippen LogP contribution is 2.36. The van der Waals surface area contributed by atoms with Gasteiger partial charge < -0.3 is 5.32 Å². The molecule has 0 bridgehead atoms. The molecule has 138 valence electrons. The molecule has 0 radical (unpaired) electrons. The molecule has 5 nitrogen and oxygen atoms in total. The molecule has 11 heteroatoms. The number of nitrogens with one attached hydrogen (secondary N) is 1. The fourth-order valence-electron chi connectivity index (χ4n) is 2.55. The van der Waals surface area contributed by atoms with Crippen LogP contribution in [0.4, 0.5) is 18.9 Å². The van der Waals surface area contributed by atoms with Crippen molar-refractivity contribution >= 4 is 42.1 Å². The lowest BCUT2D eigenvalue weighted by Crippen LogP contribution is -2.46. The van der Waals surface area contributed by atoms with Crippen molar-refractivity contribution in [3.8, 4) is 0 Å². The van der Waals surface area contributed by atoms with E-state index in [1.165, 1.54) is 12.1 Å². The summed E-state index contributed by atoms with van der Waals surface area (Å²) in [5, 5.41) is 13.9. The fraction of sp³-hybridized carbons (Fsp3) is 0.538. The van der Waals surface area contributed by atoms with Crippen molar-refractivity contribution in [2.24, 2.45) is 0 Å². The molecule has 1 heterocycles. The zero-order valence-electron chi connectivity index (χ0n) is 12.4. The minimum absolute atomic E-state index is 0. The zero-order valence-corrected chi connectivity index (χ0v) is 14.8. The summed E-state index contributed by atoms with van der Waals surface area (Å²) in [5.41, 5.74) is -0.114. The van der Waals surface area contributed by atoms with Gasteiger partial charge in [-0.05, 0) is 11.6 Å². The van der Waals surface area contributed by atoms with Crippen LogP contribution in [0.1, 0.15) is 18.0 Å². The van der Waals surface area contributed by atoms with Gasteiger partial charge in [-0.1, -0.05) is 17.7 Å². The smallest absolute Gasteiger partial charge is 0.314 e. The van der Waals surface area contributed by atoms with Crippen molar-refractivity contribution in [1.29, 1.82) is 0 Å².